The van der Waals surface area contributed by atoms with E-state index in [0.717, 1.165) is 11.6 Å². The second-order valence-corrected chi connectivity index (χ2v) is 6.47. The van der Waals surface area contributed by atoms with E-state index >= 15 is 0 Å². The summed E-state index contributed by atoms with van der Waals surface area (Å²) in [4.78, 5) is 26.3. The molecule has 0 unspecified atom stereocenters. The number of carbonyl (C=O) groups excluding carboxylic acids is 1. The molecule has 4 rings (SSSR count). The molecule has 0 spiro atoms. The van der Waals surface area contributed by atoms with E-state index in [1.54, 1.807) is 30.3 Å². The number of pyridine rings is 1. The van der Waals surface area contributed by atoms with Gasteiger partial charge in [0, 0.05) is 17.5 Å². The van der Waals surface area contributed by atoms with Gasteiger partial charge in [-0.25, -0.2) is 10.4 Å². The molecule has 10 heteroatoms. The Hall–Kier alpha value is -4.73. The van der Waals surface area contributed by atoms with Crippen LogP contribution in [0, 0.1) is 10.1 Å². The summed E-state index contributed by atoms with van der Waals surface area (Å²) in [5.74, 6) is 0.595. The molecule has 0 radical (unpaired) electrons. The Labute approximate surface area is 181 Å². The van der Waals surface area contributed by atoms with Crippen molar-refractivity contribution >= 4 is 28.8 Å². The minimum atomic E-state index is -0.543. The summed E-state index contributed by atoms with van der Waals surface area (Å²) in [6.45, 7) is 0. The van der Waals surface area contributed by atoms with E-state index in [2.05, 4.69) is 15.5 Å². The van der Waals surface area contributed by atoms with Crippen LogP contribution in [0.4, 0.5) is 5.69 Å². The van der Waals surface area contributed by atoms with Crippen molar-refractivity contribution in [3.05, 3.63) is 88.3 Å². The minimum absolute atomic E-state index is 0.138. The van der Waals surface area contributed by atoms with Crippen LogP contribution in [-0.4, -0.2) is 29.1 Å². The van der Waals surface area contributed by atoms with E-state index in [0.29, 0.717) is 22.6 Å². The first kappa shape index (κ1) is 20.5. The van der Waals surface area contributed by atoms with Crippen LogP contribution in [0.2, 0.25) is 0 Å². The number of hydrogen-bond donors (Lipinski definition) is 1. The number of methoxy groups -OCH3 is 1. The van der Waals surface area contributed by atoms with E-state index < -0.39 is 10.8 Å². The van der Waals surface area contributed by atoms with Gasteiger partial charge in [-0.2, -0.15) is 5.10 Å². The molecule has 2 heterocycles. The predicted octanol–water partition coefficient (Wildman–Crippen LogP) is 4.30. The number of para-hydroxylation sites is 1. The molecular weight excluding hydrogens is 416 g/mol. The standard InChI is InChI=1S/C22H16N4O6/c1-30-19-10-14(6-8-18(19)32-21-9-7-16(13-23-21)26(28)29)12-24-25-22(27)20-11-15-4-2-3-5-17(15)31-20/h2-13H,1H3,(H,25,27)/b24-12-. The normalized spacial score (nSPS) is 10.9. The number of hydrogen-bond acceptors (Lipinski definition) is 8. The molecule has 1 amide bonds. The van der Waals surface area contributed by atoms with Gasteiger partial charge in [0.2, 0.25) is 5.88 Å². The number of hydrazone groups is 1. The number of nitro groups is 1. The first-order chi connectivity index (χ1) is 15.5. The molecular formula is C22H16N4O6. The number of furan rings is 1. The lowest BCUT2D eigenvalue weighted by Gasteiger charge is -2.10. The van der Waals surface area contributed by atoms with Crippen LogP contribution >= 0.6 is 0 Å². The molecule has 2 aromatic heterocycles. The third-order valence-electron chi connectivity index (χ3n) is 4.36. The van der Waals surface area contributed by atoms with Crippen molar-refractivity contribution < 1.29 is 23.6 Å². The van der Waals surface area contributed by atoms with E-state index in [9.17, 15) is 14.9 Å². The van der Waals surface area contributed by atoms with Gasteiger partial charge in [0.15, 0.2) is 17.3 Å². The molecule has 1 N–H and O–H groups in total. The van der Waals surface area contributed by atoms with Crippen molar-refractivity contribution in [1.29, 1.82) is 0 Å². The number of amides is 1. The summed E-state index contributed by atoms with van der Waals surface area (Å²) < 4.78 is 16.5. The Balaban J connectivity index is 1.43. The third kappa shape index (κ3) is 4.54. The maximum Gasteiger partial charge on any atom is 0.307 e. The highest BCUT2D eigenvalue weighted by Crippen LogP contribution is 2.31. The van der Waals surface area contributed by atoms with Crippen LogP contribution in [-0.2, 0) is 0 Å². The number of rotatable bonds is 7. The zero-order valence-corrected chi connectivity index (χ0v) is 16.7. The molecule has 32 heavy (non-hydrogen) atoms. The number of ether oxygens (including phenoxy) is 2. The molecule has 0 aliphatic rings. The molecule has 0 saturated carbocycles. The highest BCUT2D eigenvalue weighted by molar-refractivity contribution is 5.96. The van der Waals surface area contributed by atoms with E-state index in [1.807, 2.05) is 18.2 Å². The number of benzene rings is 2. The lowest BCUT2D eigenvalue weighted by atomic mass is 10.2. The molecule has 0 bridgehead atoms. The molecule has 10 nitrogen and oxygen atoms in total. The lowest BCUT2D eigenvalue weighted by molar-refractivity contribution is -0.385. The maximum absolute atomic E-state index is 12.2. The fourth-order valence-electron chi connectivity index (χ4n) is 2.82. The summed E-state index contributed by atoms with van der Waals surface area (Å²) in [6.07, 6.45) is 2.55. The van der Waals surface area contributed by atoms with Crippen molar-refractivity contribution in [2.45, 2.75) is 0 Å². The largest absolute Gasteiger partial charge is 0.493 e. The average molecular weight is 432 g/mol. The van der Waals surface area contributed by atoms with Gasteiger partial charge < -0.3 is 13.9 Å². The van der Waals surface area contributed by atoms with Crippen molar-refractivity contribution in [3.63, 3.8) is 0 Å². The number of aromatic nitrogens is 1. The van der Waals surface area contributed by atoms with Crippen LogP contribution in [0.3, 0.4) is 0 Å². The number of nitrogens with one attached hydrogen (secondary N) is 1. The van der Waals surface area contributed by atoms with Crippen LogP contribution in [0.5, 0.6) is 17.4 Å². The highest BCUT2D eigenvalue weighted by Gasteiger charge is 2.12. The van der Waals surface area contributed by atoms with Gasteiger partial charge in [-0.1, -0.05) is 18.2 Å². The van der Waals surface area contributed by atoms with Crippen molar-refractivity contribution in [2.75, 3.05) is 7.11 Å². The van der Waals surface area contributed by atoms with Crippen LogP contribution in [0.15, 0.2) is 76.4 Å². The topological polar surface area (TPSA) is 129 Å². The minimum Gasteiger partial charge on any atom is -0.493 e. The summed E-state index contributed by atoms with van der Waals surface area (Å²) in [5, 5.41) is 15.5. The van der Waals surface area contributed by atoms with Gasteiger partial charge in [0.1, 0.15) is 11.8 Å². The Kier molecular flexibility index (Phi) is 5.75. The highest BCUT2D eigenvalue weighted by atomic mass is 16.6. The molecule has 0 saturated heterocycles. The van der Waals surface area contributed by atoms with E-state index in [1.165, 1.54) is 25.5 Å². The summed E-state index contributed by atoms with van der Waals surface area (Å²) in [7, 11) is 1.47. The Morgan fingerprint density at radius 3 is 2.72 bits per heavy atom. The van der Waals surface area contributed by atoms with Gasteiger partial charge >= 0.3 is 5.91 Å². The maximum atomic E-state index is 12.2. The fraction of sp³-hybridized carbons (Fsp3) is 0.0455. The van der Waals surface area contributed by atoms with E-state index in [-0.39, 0.29) is 17.3 Å². The van der Waals surface area contributed by atoms with Crippen LogP contribution in [0.1, 0.15) is 16.1 Å². The van der Waals surface area contributed by atoms with Gasteiger partial charge in [0.25, 0.3) is 5.69 Å². The number of nitrogens with zero attached hydrogens (tertiary/aromatic N) is 3. The predicted molar refractivity (Wildman–Crippen MR) is 115 cm³/mol. The Morgan fingerprint density at radius 1 is 1.16 bits per heavy atom. The smallest absolute Gasteiger partial charge is 0.307 e. The SMILES string of the molecule is COc1cc(/C=N\NC(=O)c2cc3ccccc3o2)ccc1Oc1ccc([N+](=O)[O-])cn1. The summed E-state index contributed by atoms with van der Waals surface area (Å²) >= 11 is 0. The zero-order chi connectivity index (χ0) is 22.5. The average Bonchev–Trinajstić information content (AvgIpc) is 3.25. The quantitative estimate of drug-likeness (QED) is 0.262. The molecule has 0 fully saturated rings. The van der Waals surface area contributed by atoms with Crippen molar-refractivity contribution in [3.8, 4) is 17.4 Å². The molecule has 0 aliphatic heterocycles. The zero-order valence-electron chi connectivity index (χ0n) is 16.7. The van der Waals surface area contributed by atoms with Gasteiger partial charge in [-0.3, -0.25) is 14.9 Å². The van der Waals surface area contributed by atoms with Gasteiger partial charge in [-0.05, 0) is 35.9 Å². The molecule has 0 aliphatic carbocycles. The number of carbonyl (C=O) groups is 1. The third-order valence-corrected chi connectivity index (χ3v) is 4.36. The fourth-order valence-corrected chi connectivity index (χ4v) is 2.82. The molecule has 0 atom stereocenters. The monoisotopic (exact) mass is 432 g/mol. The van der Waals surface area contributed by atoms with Gasteiger partial charge in [-0.15, -0.1) is 0 Å². The second kappa shape index (κ2) is 8.96. The van der Waals surface area contributed by atoms with Crippen molar-refractivity contribution in [1.82, 2.24) is 10.4 Å². The summed E-state index contributed by atoms with van der Waals surface area (Å²) in [5.41, 5.74) is 3.53. The summed E-state index contributed by atoms with van der Waals surface area (Å²) in [6, 6.07) is 16.6. The second-order valence-electron chi connectivity index (χ2n) is 6.47. The first-order valence-corrected chi connectivity index (χ1v) is 9.32. The van der Waals surface area contributed by atoms with E-state index in [4.69, 9.17) is 13.9 Å². The lowest BCUT2D eigenvalue weighted by Crippen LogP contribution is -2.16. The Bertz CT molecular complexity index is 1280. The van der Waals surface area contributed by atoms with Crippen LogP contribution < -0.4 is 14.9 Å². The molecule has 4 aromatic rings. The molecule has 2 aromatic carbocycles. The van der Waals surface area contributed by atoms with Gasteiger partial charge in [0.05, 0.1) is 18.2 Å². The molecule has 160 valence electrons. The Morgan fingerprint density at radius 2 is 2.00 bits per heavy atom. The number of fused-ring (bicyclic) bond motifs is 1. The van der Waals surface area contributed by atoms with Crippen LogP contribution in [0.25, 0.3) is 11.0 Å². The first-order valence-electron chi connectivity index (χ1n) is 9.32. The van der Waals surface area contributed by atoms with Crippen molar-refractivity contribution in [2.24, 2.45) is 5.10 Å².